The van der Waals surface area contributed by atoms with E-state index in [9.17, 15) is 0 Å². The van der Waals surface area contributed by atoms with Crippen molar-refractivity contribution < 1.29 is 0 Å². The second-order valence-corrected chi connectivity index (χ2v) is 18.7. The Morgan fingerprint density at radius 1 is 1.00 bits per heavy atom. The molecule has 2 aliphatic carbocycles. The Labute approximate surface area is 120 Å². The molecule has 4 atom stereocenters. The van der Waals surface area contributed by atoms with Crippen LogP contribution in [0.15, 0.2) is 30.3 Å². The Hall–Kier alpha value is -0.677. The molecule has 0 saturated heterocycles. The summed E-state index contributed by atoms with van der Waals surface area (Å²) in [6.45, 7) is 0. The van der Waals surface area contributed by atoms with E-state index in [-0.39, 0.29) is 0 Å². The number of benzene rings is 1. The van der Waals surface area contributed by atoms with Gasteiger partial charge in [-0.2, -0.15) is 0 Å². The number of hydrogen-bond acceptors (Lipinski definition) is 0. The number of fused-ring (bicyclic) bond motifs is 2. The van der Waals surface area contributed by atoms with Gasteiger partial charge in [0.05, 0.1) is 0 Å². The van der Waals surface area contributed by atoms with Crippen LogP contribution in [0.4, 0.5) is 0 Å². The Bertz CT molecular complexity index is 500. The Kier molecular flexibility index (Phi) is 3.52. The molecule has 1 aromatic rings. The molecule has 2 bridgehead atoms. The predicted molar refractivity (Wildman–Crippen MR) is 84.7 cm³/mol. The van der Waals surface area contributed by atoms with Crippen molar-refractivity contribution in [2.75, 3.05) is 0 Å². The molecule has 0 N–H and O–H groups in total. The minimum absolute atomic E-state index is 0.707. The van der Waals surface area contributed by atoms with E-state index in [2.05, 4.69) is 59.4 Å². The summed E-state index contributed by atoms with van der Waals surface area (Å²) in [7, 11) is 0. The minimum atomic E-state index is -1.60. The Morgan fingerprint density at radius 3 is 2.37 bits per heavy atom. The zero-order chi connectivity index (χ0) is 13.5. The van der Waals surface area contributed by atoms with Crippen molar-refractivity contribution in [3.05, 3.63) is 35.9 Å². The van der Waals surface area contributed by atoms with E-state index in [1.807, 2.05) is 0 Å². The fourth-order valence-corrected chi connectivity index (χ4v) is 11.0. The van der Waals surface area contributed by atoms with Crippen LogP contribution in [0.2, 0.25) is 22.0 Å². The van der Waals surface area contributed by atoms with Gasteiger partial charge in [-0.05, 0) is 0 Å². The maximum absolute atomic E-state index is 3.68. The van der Waals surface area contributed by atoms with Crippen LogP contribution in [0, 0.1) is 29.6 Å². The molecule has 100 valence electrons. The summed E-state index contributed by atoms with van der Waals surface area (Å²) in [6, 6.07) is 10.5. The first-order chi connectivity index (χ1) is 9.05. The van der Waals surface area contributed by atoms with Crippen molar-refractivity contribution in [1.82, 2.24) is 0 Å². The molecular weight excluding hydrogens is 289 g/mol. The molecule has 0 aromatic heterocycles. The van der Waals surface area contributed by atoms with Crippen molar-refractivity contribution in [3.63, 3.8) is 0 Å². The van der Waals surface area contributed by atoms with Crippen LogP contribution in [-0.2, 0) is 0 Å². The van der Waals surface area contributed by atoms with Gasteiger partial charge in [-0.1, -0.05) is 0 Å². The van der Waals surface area contributed by atoms with Crippen molar-refractivity contribution in [1.29, 1.82) is 0 Å². The molecule has 0 nitrogen and oxygen atoms in total. The third kappa shape index (κ3) is 2.63. The van der Waals surface area contributed by atoms with Crippen LogP contribution in [-0.4, -0.2) is 13.3 Å². The van der Waals surface area contributed by atoms with Crippen molar-refractivity contribution in [2.45, 2.75) is 41.3 Å². The van der Waals surface area contributed by atoms with E-state index in [0.29, 0.717) is 5.92 Å². The van der Waals surface area contributed by atoms with Crippen LogP contribution in [0.5, 0.6) is 0 Å². The van der Waals surface area contributed by atoms with Crippen molar-refractivity contribution in [3.8, 4) is 11.8 Å². The summed E-state index contributed by atoms with van der Waals surface area (Å²) in [4.78, 5) is 0. The van der Waals surface area contributed by atoms with Crippen LogP contribution >= 0.6 is 0 Å². The molecule has 0 spiro atoms. The molecule has 1 aromatic carbocycles. The van der Waals surface area contributed by atoms with E-state index in [1.165, 1.54) is 24.8 Å². The molecule has 0 radical (unpaired) electrons. The number of rotatable bonds is 1. The van der Waals surface area contributed by atoms with Gasteiger partial charge in [0.2, 0.25) is 0 Å². The zero-order valence-corrected chi connectivity index (χ0v) is 14.4. The molecule has 2 saturated carbocycles. The van der Waals surface area contributed by atoms with Gasteiger partial charge >= 0.3 is 120 Å². The molecular formula is C18H24Ge. The number of hydrogen-bond donors (Lipinski definition) is 0. The first-order valence-electron chi connectivity index (χ1n) is 7.62. The summed E-state index contributed by atoms with van der Waals surface area (Å²) in [5.41, 5.74) is 1.19. The standard InChI is InChI=1S/C18H24Ge/c1-19(2,3)18-16-11-10-15(13-16)17(18)12-9-14-7-5-4-6-8-14/h4-8,15-18H,10-11,13H2,1-3H3/t15-,16+,17+,18-/m0/s1. The quantitative estimate of drug-likeness (QED) is 0.516. The third-order valence-electron chi connectivity index (χ3n) is 5.07. The predicted octanol–water partition coefficient (Wildman–Crippen LogP) is 4.79. The molecule has 3 rings (SSSR count). The molecule has 0 aliphatic heterocycles. The molecule has 0 heterocycles. The second-order valence-electron chi connectivity index (χ2n) is 7.39. The fourth-order valence-electron chi connectivity index (χ4n) is 4.43. The van der Waals surface area contributed by atoms with E-state index < -0.39 is 13.3 Å². The van der Waals surface area contributed by atoms with Crippen LogP contribution in [0.1, 0.15) is 24.8 Å². The zero-order valence-electron chi connectivity index (χ0n) is 12.3. The molecule has 2 fully saturated rings. The monoisotopic (exact) mass is 314 g/mol. The van der Waals surface area contributed by atoms with Gasteiger partial charge in [0.25, 0.3) is 0 Å². The Balaban J connectivity index is 1.86. The SMILES string of the molecule is [CH3][Ge]([CH3])([CH3])[C@H]1[C@@H]2CC[C@@H](C2)[C@H]1C#Cc1ccccc1. The molecule has 1 heteroatoms. The third-order valence-corrected chi connectivity index (χ3v) is 11.0. The van der Waals surface area contributed by atoms with Gasteiger partial charge in [-0.25, -0.2) is 0 Å². The normalized spacial score (nSPS) is 33.0. The Morgan fingerprint density at radius 2 is 1.68 bits per heavy atom. The van der Waals surface area contributed by atoms with Gasteiger partial charge in [0.1, 0.15) is 0 Å². The van der Waals surface area contributed by atoms with Gasteiger partial charge < -0.3 is 0 Å². The van der Waals surface area contributed by atoms with E-state index in [1.54, 1.807) is 0 Å². The van der Waals surface area contributed by atoms with Crippen LogP contribution < -0.4 is 0 Å². The van der Waals surface area contributed by atoms with Gasteiger partial charge in [-0.15, -0.1) is 0 Å². The summed E-state index contributed by atoms with van der Waals surface area (Å²) in [5.74, 6) is 17.5. The summed E-state index contributed by atoms with van der Waals surface area (Å²) in [5, 5.41) is 0. The average Bonchev–Trinajstić information content (AvgIpc) is 2.96. The van der Waals surface area contributed by atoms with E-state index >= 15 is 0 Å². The first kappa shape index (κ1) is 13.3. The van der Waals surface area contributed by atoms with Gasteiger partial charge in [0.15, 0.2) is 0 Å². The molecule has 19 heavy (non-hydrogen) atoms. The summed E-state index contributed by atoms with van der Waals surface area (Å²) >= 11 is -1.60. The topological polar surface area (TPSA) is 0 Å². The van der Waals surface area contributed by atoms with Crippen molar-refractivity contribution in [2.24, 2.45) is 17.8 Å². The molecule has 2 aliphatic rings. The molecule has 0 amide bonds. The maximum atomic E-state index is 3.68. The summed E-state index contributed by atoms with van der Waals surface area (Å²) < 4.78 is 0.981. The van der Waals surface area contributed by atoms with Crippen LogP contribution in [0.25, 0.3) is 0 Å². The second kappa shape index (κ2) is 5.02. The molecule has 0 unspecified atom stereocenters. The van der Waals surface area contributed by atoms with E-state index in [4.69, 9.17) is 0 Å². The average molecular weight is 313 g/mol. The summed E-state index contributed by atoms with van der Waals surface area (Å²) in [6.07, 6.45) is 4.40. The van der Waals surface area contributed by atoms with Crippen molar-refractivity contribution >= 4 is 13.3 Å². The van der Waals surface area contributed by atoms with Gasteiger partial charge in [0, 0.05) is 0 Å². The van der Waals surface area contributed by atoms with E-state index in [0.717, 1.165) is 16.6 Å². The van der Waals surface area contributed by atoms with Gasteiger partial charge in [-0.3, -0.25) is 0 Å². The van der Waals surface area contributed by atoms with Crippen LogP contribution in [0.3, 0.4) is 0 Å². The first-order valence-corrected chi connectivity index (χ1v) is 15.1. The fraction of sp³-hybridized carbons (Fsp3) is 0.556.